The Morgan fingerprint density at radius 3 is 2.29 bits per heavy atom. The lowest BCUT2D eigenvalue weighted by Gasteiger charge is -2.28. The molecular weight excluding hydrogens is 470 g/mol. The van der Waals surface area contributed by atoms with E-state index in [1.54, 1.807) is 12.1 Å². The van der Waals surface area contributed by atoms with Crippen molar-refractivity contribution < 1.29 is 27.9 Å². The maximum absolute atomic E-state index is 13.1. The van der Waals surface area contributed by atoms with Gasteiger partial charge in [0, 0.05) is 24.3 Å². The minimum Gasteiger partial charge on any atom is -0.465 e. The Morgan fingerprint density at radius 2 is 1.69 bits per heavy atom. The number of rotatable bonds is 12. The van der Waals surface area contributed by atoms with Gasteiger partial charge in [-0.3, -0.25) is 9.52 Å². The first-order chi connectivity index (χ1) is 16.5. The van der Waals surface area contributed by atoms with Crippen LogP contribution in [-0.2, 0) is 16.4 Å². The van der Waals surface area contributed by atoms with Gasteiger partial charge in [-0.25, -0.2) is 22.9 Å². The van der Waals surface area contributed by atoms with E-state index in [-0.39, 0.29) is 30.5 Å². The van der Waals surface area contributed by atoms with E-state index in [0.29, 0.717) is 29.7 Å². The predicted octanol–water partition coefficient (Wildman–Crippen LogP) is 4.67. The third kappa shape index (κ3) is 9.40. The van der Waals surface area contributed by atoms with Gasteiger partial charge in [0.1, 0.15) is 5.88 Å². The van der Waals surface area contributed by atoms with Crippen molar-refractivity contribution in [1.82, 2.24) is 9.80 Å². The minimum absolute atomic E-state index is 0.0326. The van der Waals surface area contributed by atoms with Gasteiger partial charge >= 0.3 is 12.1 Å². The number of sulfonamides is 1. The summed E-state index contributed by atoms with van der Waals surface area (Å²) in [4.78, 5) is 38.3. The lowest BCUT2D eigenvalue weighted by Crippen LogP contribution is -2.49. The van der Waals surface area contributed by atoms with Gasteiger partial charge in [-0.05, 0) is 49.8 Å². The number of ketones is 1. The summed E-state index contributed by atoms with van der Waals surface area (Å²) >= 11 is 0. The monoisotopic (exact) mass is 503 g/mol. The van der Waals surface area contributed by atoms with Crippen molar-refractivity contribution in [3.63, 3.8) is 0 Å². The molecule has 0 aliphatic carbocycles. The van der Waals surface area contributed by atoms with E-state index in [1.165, 1.54) is 19.1 Å². The fourth-order valence-corrected chi connectivity index (χ4v) is 4.58. The van der Waals surface area contributed by atoms with Crippen LogP contribution in [0.15, 0.2) is 54.6 Å². The Morgan fingerprint density at radius 1 is 1.00 bits per heavy atom. The van der Waals surface area contributed by atoms with E-state index < -0.39 is 28.0 Å². The lowest BCUT2D eigenvalue weighted by molar-refractivity contribution is 0.101. The zero-order valence-corrected chi connectivity index (χ0v) is 21.1. The zero-order chi connectivity index (χ0) is 26.0. The van der Waals surface area contributed by atoms with E-state index >= 15 is 0 Å². The van der Waals surface area contributed by atoms with Gasteiger partial charge in [-0.1, -0.05) is 56.3 Å². The number of benzene rings is 2. The number of imide groups is 1. The summed E-state index contributed by atoms with van der Waals surface area (Å²) < 4.78 is 28.2. The van der Waals surface area contributed by atoms with Crippen LogP contribution in [0.2, 0.25) is 0 Å². The summed E-state index contributed by atoms with van der Waals surface area (Å²) in [7, 11) is -4.08. The number of urea groups is 1. The van der Waals surface area contributed by atoms with Crippen LogP contribution in [0.4, 0.5) is 15.3 Å². The highest BCUT2D eigenvalue weighted by Crippen LogP contribution is 2.15. The van der Waals surface area contributed by atoms with Crippen molar-refractivity contribution >= 4 is 33.6 Å². The first-order valence-corrected chi connectivity index (χ1v) is 13.1. The summed E-state index contributed by atoms with van der Waals surface area (Å²) in [6.45, 7) is 5.21. The van der Waals surface area contributed by atoms with Gasteiger partial charge in [0.15, 0.2) is 5.78 Å². The van der Waals surface area contributed by atoms with E-state index in [0.717, 1.165) is 10.5 Å². The van der Waals surface area contributed by atoms with Crippen LogP contribution in [0.3, 0.4) is 0 Å². The second-order valence-corrected chi connectivity index (χ2v) is 10.4. The first kappa shape index (κ1) is 27.8. The Labute approximate surface area is 206 Å². The fourth-order valence-electron chi connectivity index (χ4n) is 3.38. The predicted molar refractivity (Wildman–Crippen MR) is 135 cm³/mol. The molecule has 0 spiro atoms. The molecule has 190 valence electrons. The second kappa shape index (κ2) is 12.9. The van der Waals surface area contributed by atoms with Gasteiger partial charge in [0.05, 0.1) is 0 Å². The van der Waals surface area contributed by atoms with Crippen LogP contribution < -0.4 is 4.72 Å². The molecule has 0 aliphatic rings. The number of anilines is 1. The number of carbonyl (C=O) groups excluding carboxylic acids is 2. The van der Waals surface area contributed by atoms with Crippen LogP contribution >= 0.6 is 0 Å². The summed E-state index contributed by atoms with van der Waals surface area (Å²) in [5, 5.41) is 9.61. The highest BCUT2D eigenvalue weighted by atomic mass is 32.2. The van der Waals surface area contributed by atoms with Crippen molar-refractivity contribution in [1.29, 1.82) is 0 Å². The molecule has 2 N–H and O–H groups in total. The van der Waals surface area contributed by atoms with Crippen LogP contribution in [0.1, 0.15) is 49.5 Å². The highest BCUT2D eigenvalue weighted by Gasteiger charge is 2.29. The third-order valence-corrected chi connectivity index (χ3v) is 6.47. The molecule has 0 saturated heterocycles. The quantitative estimate of drug-likeness (QED) is 0.406. The number of nitrogens with zero attached hydrogens (tertiary/aromatic N) is 2. The van der Waals surface area contributed by atoms with Crippen molar-refractivity contribution in [2.75, 3.05) is 23.7 Å². The molecule has 0 aliphatic heterocycles. The second-order valence-electron chi connectivity index (χ2n) is 8.73. The van der Waals surface area contributed by atoms with Gasteiger partial charge in [0.2, 0.25) is 0 Å². The number of carbonyl (C=O) groups is 3. The molecule has 0 atom stereocenters. The number of amides is 3. The van der Waals surface area contributed by atoms with Crippen LogP contribution in [0, 0.1) is 5.92 Å². The zero-order valence-electron chi connectivity index (χ0n) is 20.3. The SMILES string of the molecule is CC(=O)c1cccc(NS(=O)(=O)CN(CCCc2ccccc2)C(=O)N(CCC(C)C)C(=O)O)c1. The Bertz CT molecular complexity index is 1120. The standard InChI is InChI=1S/C25H33N3O6S/c1-19(2)14-16-28(25(31)32)24(30)27(15-8-11-21-9-5-4-6-10-21)18-35(33,34)26-23-13-7-12-22(17-23)20(3)29/h4-7,9-10,12-13,17,19,26H,8,11,14-16,18H2,1-3H3,(H,31,32). The molecule has 10 heteroatoms. The number of hydrogen-bond acceptors (Lipinski definition) is 5. The highest BCUT2D eigenvalue weighted by molar-refractivity contribution is 7.92. The maximum Gasteiger partial charge on any atom is 0.415 e. The molecule has 0 unspecified atom stereocenters. The normalized spacial score (nSPS) is 11.2. The Balaban J connectivity index is 2.21. The molecule has 0 bridgehead atoms. The number of aryl methyl sites for hydroxylation is 1. The Hall–Kier alpha value is -3.40. The van der Waals surface area contributed by atoms with Crippen LogP contribution in [0.25, 0.3) is 0 Å². The molecule has 2 rings (SSSR count). The topological polar surface area (TPSA) is 124 Å². The van der Waals surface area contributed by atoms with Gasteiger partial charge < -0.3 is 10.0 Å². The number of hydrogen-bond donors (Lipinski definition) is 2. The third-order valence-electron chi connectivity index (χ3n) is 5.27. The number of nitrogens with one attached hydrogen (secondary N) is 1. The van der Waals surface area contributed by atoms with Crippen molar-refractivity contribution in [3.8, 4) is 0 Å². The molecule has 0 radical (unpaired) electrons. The molecular formula is C25H33N3O6S. The summed E-state index contributed by atoms with van der Waals surface area (Å²) in [6.07, 6.45) is 0.0717. The number of carboxylic acid groups (broad SMARTS) is 1. The van der Waals surface area contributed by atoms with Crippen molar-refractivity contribution in [2.24, 2.45) is 5.92 Å². The molecule has 35 heavy (non-hydrogen) atoms. The number of Topliss-reactive ketones (excluding diaryl/α,β-unsaturated/α-hetero) is 1. The van der Waals surface area contributed by atoms with Crippen molar-refractivity contribution in [2.45, 2.75) is 40.0 Å². The molecule has 0 aromatic heterocycles. The summed E-state index contributed by atoms with van der Waals surface area (Å²) in [5.74, 6) is -0.780. The Kier molecular flexibility index (Phi) is 10.3. The molecule has 2 aromatic carbocycles. The molecule has 0 heterocycles. The molecule has 2 aromatic rings. The van der Waals surface area contributed by atoms with E-state index in [9.17, 15) is 27.9 Å². The average molecular weight is 504 g/mol. The lowest BCUT2D eigenvalue weighted by atomic mass is 10.1. The van der Waals surface area contributed by atoms with Crippen molar-refractivity contribution in [3.05, 3.63) is 65.7 Å². The smallest absolute Gasteiger partial charge is 0.415 e. The maximum atomic E-state index is 13.1. The molecule has 9 nitrogen and oxygen atoms in total. The van der Waals surface area contributed by atoms with E-state index in [4.69, 9.17) is 0 Å². The van der Waals surface area contributed by atoms with Gasteiger partial charge in [-0.15, -0.1) is 0 Å². The summed E-state index contributed by atoms with van der Waals surface area (Å²) in [5.41, 5.74) is 1.55. The van der Waals surface area contributed by atoms with Gasteiger partial charge in [0.25, 0.3) is 10.0 Å². The van der Waals surface area contributed by atoms with Gasteiger partial charge in [-0.2, -0.15) is 0 Å². The largest absolute Gasteiger partial charge is 0.465 e. The average Bonchev–Trinajstić information content (AvgIpc) is 2.78. The first-order valence-electron chi connectivity index (χ1n) is 11.4. The van der Waals surface area contributed by atoms with Crippen LogP contribution in [0.5, 0.6) is 0 Å². The fraction of sp³-hybridized carbons (Fsp3) is 0.400. The molecule has 0 fully saturated rings. The summed E-state index contributed by atoms with van der Waals surface area (Å²) in [6, 6.07) is 14.7. The van der Waals surface area contributed by atoms with Crippen LogP contribution in [-0.4, -0.2) is 60.2 Å². The molecule has 3 amide bonds. The van der Waals surface area contributed by atoms with E-state index in [1.807, 2.05) is 44.2 Å². The van der Waals surface area contributed by atoms with E-state index in [2.05, 4.69) is 4.72 Å². The minimum atomic E-state index is -4.08. The molecule has 0 saturated carbocycles.